The summed E-state index contributed by atoms with van der Waals surface area (Å²) < 4.78 is 101. The van der Waals surface area contributed by atoms with Crippen molar-refractivity contribution in [2.75, 3.05) is 0 Å². The van der Waals surface area contributed by atoms with Crippen molar-refractivity contribution in [2.45, 2.75) is 115 Å². The molecule has 4 rings (SSSR count). The maximum atomic E-state index is 13.8. The summed E-state index contributed by atoms with van der Waals surface area (Å²) in [5.41, 5.74) is -0.119. The lowest BCUT2D eigenvalue weighted by atomic mass is 9.43. The zero-order chi connectivity index (χ0) is 30.1. The van der Waals surface area contributed by atoms with Crippen molar-refractivity contribution in [3.8, 4) is 0 Å². The van der Waals surface area contributed by atoms with E-state index in [2.05, 4.69) is 18.6 Å². The highest BCUT2D eigenvalue weighted by Gasteiger charge is 2.66. The summed E-state index contributed by atoms with van der Waals surface area (Å²) in [6.45, 7) is 6.34. The molecule has 0 saturated heterocycles. The van der Waals surface area contributed by atoms with Crippen molar-refractivity contribution in [1.82, 2.24) is 0 Å². The molecule has 4 aliphatic rings. The van der Waals surface area contributed by atoms with Crippen LogP contribution in [0.5, 0.6) is 0 Å². The van der Waals surface area contributed by atoms with Crippen molar-refractivity contribution < 1.29 is 54.7 Å². The van der Waals surface area contributed by atoms with E-state index in [1.165, 1.54) is 0 Å². The predicted octanol–water partition coefficient (Wildman–Crippen LogP) is 5.35. The van der Waals surface area contributed by atoms with Gasteiger partial charge in [0.2, 0.25) is 0 Å². The Hall–Kier alpha value is -1.05. The Kier molecular flexibility index (Phi) is 8.44. The molecule has 0 aliphatic heterocycles. The third kappa shape index (κ3) is 5.41. The van der Waals surface area contributed by atoms with Crippen LogP contribution in [0.4, 0.5) is 22.0 Å². The van der Waals surface area contributed by atoms with E-state index in [1.54, 1.807) is 0 Å². The van der Waals surface area contributed by atoms with Crippen molar-refractivity contribution in [3.63, 3.8) is 0 Å². The fraction of sp³-hybridized carbons (Fsp3) is 0.963. The number of aliphatic hydroxyl groups is 2. The number of halogens is 5. The fourth-order valence-corrected chi connectivity index (χ4v) is 9.83. The van der Waals surface area contributed by atoms with Crippen molar-refractivity contribution >= 4 is 16.1 Å². The first-order valence-corrected chi connectivity index (χ1v) is 15.6. The lowest BCUT2D eigenvalue weighted by molar-refractivity contribution is -0.259. The predicted molar refractivity (Wildman–Crippen MR) is 133 cm³/mol. The van der Waals surface area contributed by atoms with Crippen LogP contribution in [-0.4, -0.2) is 58.9 Å². The van der Waals surface area contributed by atoms with E-state index in [-0.39, 0.29) is 52.9 Å². The first kappa shape index (κ1) is 31.9. The average Bonchev–Trinajstić information content (AvgIpc) is 3.17. The number of carbonyl (C=O) groups is 1. The van der Waals surface area contributed by atoms with Crippen molar-refractivity contribution in [2.24, 2.45) is 46.3 Å². The highest BCUT2D eigenvalue weighted by atomic mass is 32.2. The molecule has 0 amide bonds. The van der Waals surface area contributed by atoms with Gasteiger partial charge in [-0.3, -0.25) is 9.35 Å². The summed E-state index contributed by atoms with van der Waals surface area (Å²) in [7, 11) is -6.49. The third-order valence-electron chi connectivity index (χ3n) is 11.4. The minimum absolute atomic E-state index is 0.0526. The van der Waals surface area contributed by atoms with Crippen LogP contribution in [0.15, 0.2) is 0 Å². The Morgan fingerprint density at radius 2 is 1.57 bits per heavy atom. The van der Waals surface area contributed by atoms with Crippen LogP contribution in [0, 0.1) is 46.3 Å². The largest absolute Gasteiger partial charge is 0.445 e. The molecule has 40 heavy (non-hydrogen) atoms. The molecule has 4 saturated carbocycles. The second kappa shape index (κ2) is 10.6. The summed E-state index contributed by atoms with van der Waals surface area (Å²) in [6, 6.07) is 0. The second-order valence-electron chi connectivity index (χ2n) is 13.4. The first-order chi connectivity index (χ1) is 18.2. The van der Waals surface area contributed by atoms with Crippen LogP contribution in [0.1, 0.15) is 85.0 Å². The van der Waals surface area contributed by atoms with Gasteiger partial charge in [0, 0.05) is 6.42 Å². The van der Waals surface area contributed by atoms with Crippen LogP contribution >= 0.6 is 0 Å². The summed E-state index contributed by atoms with van der Waals surface area (Å²) in [5, 5.41) is 15.8. The lowest BCUT2D eigenvalue weighted by Crippen LogP contribution is -2.58. The molecular weight excluding hydrogens is 563 g/mol. The number of fused-ring (bicyclic) bond motifs is 5. The molecule has 0 radical (unpaired) electrons. The Morgan fingerprint density at radius 3 is 2.17 bits per heavy atom. The molecule has 2 unspecified atom stereocenters. The smallest absolute Gasteiger partial charge is 0.432 e. The minimum Gasteiger partial charge on any atom is -0.445 e. The minimum atomic E-state index is -6.49. The highest BCUT2D eigenvalue weighted by molar-refractivity contribution is 7.86. The van der Waals surface area contributed by atoms with E-state index in [1.807, 2.05) is 6.92 Å². The van der Waals surface area contributed by atoms with Crippen molar-refractivity contribution in [1.29, 1.82) is 0 Å². The van der Waals surface area contributed by atoms with Gasteiger partial charge in [-0.2, -0.15) is 30.4 Å². The number of rotatable bonds is 7. The maximum absolute atomic E-state index is 13.8. The zero-order valence-corrected chi connectivity index (χ0v) is 23.9. The summed E-state index contributed by atoms with van der Waals surface area (Å²) in [4.78, 5) is 12.2. The van der Waals surface area contributed by atoms with Gasteiger partial charge in [0.1, 0.15) is 0 Å². The Balaban J connectivity index is 1.42. The van der Waals surface area contributed by atoms with Gasteiger partial charge in [0.05, 0.1) is 12.2 Å². The van der Waals surface area contributed by atoms with Gasteiger partial charge in [-0.25, -0.2) is 0 Å². The zero-order valence-electron chi connectivity index (χ0n) is 23.0. The molecule has 4 fully saturated rings. The topological polar surface area (TPSA) is 121 Å². The first-order valence-electron chi connectivity index (χ1n) is 14.2. The molecule has 232 valence electrons. The van der Waals surface area contributed by atoms with E-state index < -0.39 is 46.1 Å². The molecule has 7 nitrogen and oxygen atoms in total. The average molecular weight is 605 g/mol. The van der Waals surface area contributed by atoms with Gasteiger partial charge < -0.3 is 14.9 Å². The SMILES string of the molecule is C[C@H](CCC(=O)OC(C(F)(F)F)C(F)(F)S(=O)(=O)O)[C@H]1CC[C@H]2[C@@H]3[C@@H](O)CC4C[C@H](O)CC[C@]4(C)[C@H]3CC[C@]12C. The molecule has 4 aliphatic carbocycles. The van der Waals surface area contributed by atoms with Gasteiger partial charge >= 0.3 is 27.5 Å². The van der Waals surface area contributed by atoms with Crippen LogP contribution < -0.4 is 0 Å². The lowest BCUT2D eigenvalue weighted by Gasteiger charge is -2.62. The number of hydrogen-bond acceptors (Lipinski definition) is 6. The van der Waals surface area contributed by atoms with E-state index in [9.17, 15) is 45.4 Å². The highest BCUT2D eigenvalue weighted by Crippen LogP contribution is 2.68. The molecule has 13 heteroatoms. The van der Waals surface area contributed by atoms with Crippen LogP contribution in [0.2, 0.25) is 0 Å². The normalized spacial score (nSPS) is 41.8. The number of ether oxygens (including phenoxy) is 1. The Labute approximate surface area is 232 Å². The molecule has 0 aromatic heterocycles. The summed E-state index contributed by atoms with van der Waals surface area (Å²) in [6.07, 6.45) is -5.08. The third-order valence-corrected chi connectivity index (χ3v) is 12.3. The monoisotopic (exact) mass is 604 g/mol. The number of hydrogen-bond donors (Lipinski definition) is 3. The standard InChI is InChI=1S/C27H41F5O7S/c1-14(4-7-21(35)39-23(26(28,29)30)27(31,32)40(36,37)38)17-5-6-18-22-19(9-11-25(17,18)3)24(2)10-8-16(33)12-15(24)13-20(22)34/h14-20,22-23,33-34H,4-13H2,1-3H3,(H,36,37,38)/t14-,15?,16-,17-,18+,19+,20+,22+,23?,24+,25-/m1/s1. The van der Waals surface area contributed by atoms with Crippen molar-refractivity contribution in [3.05, 3.63) is 0 Å². The van der Waals surface area contributed by atoms with E-state index in [0.717, 1.165) is 38.5 Å². The van der Waals surface area contributed by atoms with Gasteiger partial charge in [0.15, 0.2) is 0 Å². The molecule has 3 N–H and O–H groups in total. The summed E-state index contributed by atoms with van der Waals surface area (Å²) in [5.74, 6) is -0.760. The quantitative estimate of drug-likeness (QED) is 0.204. The number of esters is 1. The number of carbonyl (C=O) groups excluding carboxylic acids is 1. The van der Waals surface area contributed by atoms with Crippen LogP contribution in [0.25, 0.3) is 0 Å². The van der Waals surface area contributed by atoms with Gasteiger partial charge in [-0.15, -0.1) is 0 Å². The molecule has 0 aromatic rings. The van der Waals surface area contributed by atoms with E-state index >= 15 is 0 Å². The maximum Gasteiger partial charge on any atom is 0.432 e. The van der Waals surface area contributed by atoms with Crippen LogP contribution in [-0.2, 0) is 19.6 Å². The van der Waals surface area contributed by atoms with Crippen LogP contribution in [0.3, 0.4) is 0 Å². The second-order valence-corrected chi connectivity index (χ2v) is 14.9. The Morgan fingerprint density at radius 1 is 0.975 bits per heavy atom. The van der Waals surface area contributed by atoms with E-state index in [0.29, 0.717) is 18.8 Å². The molecule has 11 atom stereocenters. The van der Waals surface area contributed by atoms with Gasteiger partial charge in [-0.1, -0.05) is 20.8 Å². The number of aliphatic hydroxyl groups excluding tert-OH is 2. The van der Waals surface area contributed by atoms with E-state index in [4.69, 9.17) is 4.55 Å². The Bertz CT molecular complexity index is 1070. The summed E-state index contributed by atoms with van der Waals surface area (Å²) >= 11 is 0. The molecule has 0 heterocycles. The molecule has 0 aromatic carbocycles. The van der Waals surface area contributed by atoms with Gasteiger partial charge in [-0.05, 0) is 104 Å². The number of alkyl halides is 5. The molecule has 0 spiro atoms. The fourth-order valence-electron chi connectivity index (χ4n) is 9.37. The van der Waals surface area contributed by atoms with Gasteiger partial charge in [0.25, 0.3) is 6.10 Å². The molecular formula is C27H41F5O7S. The molecule has 0 bridgehead atoms.